The normalized spacial score (nSPS) is 21.8. The summed E-state index contributed by atoms with van der Waals surface area (Å²) in [5, 5.41) is 0. The summed E-state index contributed by atoms with van der Waals surface area (Å²) in [5.41, 5.74) is 6.94. The van der Waals surface area contributed by atoms with E-state index in [-0.39, 0.29) is 17.9 Å². The average molecular weight is 278 g/mol. The summed E-state index contributed by atoms with van der Waals surface area (Å²) in [6.45, 7) is 4.06. The zero-order valence-electron chi connectivity index (χ0n) is 12.0. The fourth-order valence-electron chi connectivity index (χ4n) is 2.32. The second-order valence-electron chi connectivity index (χ2n) is 5.08. The molecule has 0 saturated carbocycles. The molecule has 2 atom stereocenters. The van der Waals surface area contributed by atoms with E-state index in [0.29, 0.717) is 26.4 Å². The molecule has 2 unspecified atom stereocenters. The zero-order valence-corrected chi connectivity index (χ0v) is 12.0. The predicted molar refractivity (Wildman–Crippen MR) is 76.4 cm³/mol. The van der Waals surface area contributed by atoms with E-state index in [1.165, 1.54) is 0 Å². The topological polar surface area (TPSA) is 64.8 Å². The van der Waals surface area contributed by atoms with Crippen molar-refractivity contribution < 1.29 is 14.3 Å². The number of rotatable bonds is 5. The SMILES string of the molecule is CCOc1ccc(CN(C)C(=O)C2COCC2N)cc1. The molecule has 1 saturated heterocycles. The summed E-state index contributed by atoms with van der Waals surface area (Å²) < 4.78 is 10.6. The van der Waals surface area contributed by atoms with Crippen molar-refractivity contribution in [2.45, 2.75) is 19.5 Å². The Labute approximate surface area is 119 Å². The van der Waals surface area contributed by atoms with Crippen molar-refractivity contribution >= 4 is 5.91 Å². The molecule has 0 radical (unpaired) electrons. The van der Waals surface area contributed by atoms with Gasteiger partial charge in [-0.3, -0.25) is 4.79 Å². The van der Waals surface area contributed by atoms with Gasteiger partial charge in [0.1, 0.15) is 5.75 Å². The first-order valence-corrected chi connectivity index (χ1v) is 6.92. The molecule has 1 aliphatic heterocycles. The maximum Gasteiger partial charge on any atom is 0.229 e. The second kappa shape index (κ2) is 6.72. The number of amides is 1. The highest BCUT2D eigenvalue weighted by Gasteiger charge is 2.33. The maximum absolute atomic E-state index is 12.3. The smallest absolute Gasteiger partial charge is 0.229 e. The van der Waals surface area contributed by atoms with Crippen molar-refractivity contribution in [3.05, 3.63) is 29.8 Å². The van der Waals surface area contributed by atoms with Crippen molar-refractivity contribution in [3.63, 3.8) is 0 Å². The molecule has 1 amide bonds. The van der Waals surface area contributed by atoms with Crippen LogP contribution in [0.2, 0.25) is 0 Å². The third kappa shape index (κ3) is 3.49. The van der Waals surface area contributed by atoms with Crippen LogP contribution < -0.4 is 10.5 Å². The quantitative estimate of drug-likeness (QED) is 0.873. The molecule has 1 heterocycles. The number of nitrogens with zero attached hydrogens (tertiary/aromatic N) is 1. The highest BCUT2D eigenvalue weighted by Crippen LogP contribution is 2.17. The third-order valence-corrected chi connectivity index (χ3v) is 3.47. The van der Waals surface area contributed by atoms with Gasteiger partial charge in [-0.15, -0.1) is 0 Å². The van der Waals surface area contributed by atoms with Crippen molar-refractivity contribution in [1.29, 1.82) is 0 Å². The molecular formula is C15H22N2O3. The monoisotopic (exact) mass is 278 g/mol. The maximum atomic E-state index is 12.3. The van der Waals surface area contributed by atoms with Gasteiger partial charge in [0.25, 0.3) is 0 Å². The van der Waals surface area contributed by atoms with E-state index in [1.54, 1.807) is 11.9 Å². The van der Waals surface area contributed by atoms with E-state index in [4.69, 9.17) is 15.2 Å². The lowest BCUT2D eigenvalue weighted by Crippen LogP contribution is -2.41. The Morgan fingerprint density at radius 1 is 1.40 bits per heavy atom. The predicted octanol–water partition coefficient (Wildman–Crippen LogP) is 1.02. The molecule has 0 spiro atoms. The van der Waals surface area contributed by atoms with Crippen LogP contribution in [0.3, 0.4) is 0 Å². The molecule has 1 aromatic rings. The summed E-state index contributed by atoms with van der Waals surface area (Å²) in [4.78, 5) is 14.0. The number of hydrogen-bond acceptors (Lipinski definition) is 4. The first-order chi connectivity index (χ1) is 9.61. The Hall–Kier alpha value is -1.59. The first kappa shape index (κ1) is 14.8. The Bertz CT molecular complexity index is 447. The summed E-state index contributed by atoms with van der Waals surface area (Å²) in [7, 11) is 1.80. The van der Waals surface area contributed by atoms with Gasteiger partial charge in [-0.05, 0) is 24.6 Å². The van der Waals surface area contributed by atoms with Crippen LogP contribution in [0.25, 0.3) is 0 Å². The highest BCUT2D eigenvalue weighted by atomic mass is 16.5. The minimum Gasteiger partial charge on any atom is -0.494 e. The summed E-state index contributed by atoms with van der Waals surface area (Å²) in [5.74, 6) is 0.669. The van der Waals surface area contributed by atoms with Crippen molar-refractivity contribution in [2.24, 2.45) is 11.7 Å². The van der Waals surface area contributed by atoms with E-state index in [0.717, 1.165) is 11.3 Å². The molecule has 1 aromatic carbocycles. The molecule has 110 valence electrons. The van der Waals surface area contributed by atoms with Gasteiger partial charge in [-0.2, -0.15) is 0 Å². The van der Waals surface area contributed by atoms with Crippen LogP contribution in [0, 0.1) is 5.92 Å². The zero-order chi connectivity index (χ0) is 14.5. The molecule has 0 bridgehead atoms. The largest absolute Gasteiger partial charge is 0.494 e. The molecule has 0 aromatic heterocycles. The lowest BCUT2D eigenvalue weighted by molar-refractivity contribution is -0.135. The standard InChI is InChI=1S/C15H22N2O3/c1-3-20-12-6-4-11(5-7-12)8-17(2)15(18)13-9-19-10-14(13)16/h4-7,13-14H,3,8-10,16H2,1-2H3. The number of carbonyl (C=O) groups is 1. The molecule has 2 rings (SSSR count). The van der Waals surface area contributed by atoms with Gasteiger partial charge in [-0.1, -0.05) is 12.1 Å². The van der Waals surface area contributed by atoms with Crippen LogP contribution in [-0.2, 0) is 16.1 Å². The minimum atomic E-state index is -0.220. The average Bonchev–Trinajstić information content (AvgIpc) is 2.86. The summed E-state index contributed by atoms with van der Waals surface area (Å²) in [6.07, 6.45) is 0. The van der Waals surface area contributed by atoms with E-state index in [2.05, 4.69) is 0 Å². The fraction of sp³-hybridized carbons (Fsp3) is 0.533. The number of hydrogen-bond donors (Lipinski definition) is 1. The number of nitrogens with two attached hydrogens (primary N) is 1. The van der Waals surface area contributed by atoms with E-state index < -0.39 is 0 Å². The number of benzene rings is 1. The van der Waals surface area contributed by atoms with E-state index in [9.17, 15) is 4.79 Å². The van der Waals surface area contributed by atoms with Gasteiger partial charge in [-0.25, -0.2) is 0 Å². The fourth-order valence-corrected chi connectivity index (χ4v) is 2.32. The van der Waals surface area contributed by atoms with Crippen LogP contribution in [0.5, 0.6) is 5.75 Å². The second-order valence-corrected chi connectivity index (χ2v) is 5.08. The van der Waals surface area contributed by atoms with Crippen molar-refractivity contribution in [2.75, 3.05) is 26.9 Å². The van der Waals surface area contributed by atoms with Gasteiger partial charge >= 0.3 is 0 Å². The van der Waals surface area contributed by atoms with E-state index >= 15 is 0 Å². The van der Waals surface area contributed by atoms with E-state index in [1.807, 2.05) is 31.2 Å². The lowest BCUT2D eigenvalue weighted by atomic mass is 10.0. The van der Waals surface area contributed by atoms with Crippen molar-refractivity contribution in [3.8, 4) is 5.75 Å². The molecule has 5 nitrogen and oxygen atoms in total. The number of carbonyl (C=O) groups excluding carboxylic acids is 1. The molecule has 5 heteroatoms. The van der Waals surface area contributed by atoms with Gasteiger partial charge in [0.15, 0.2) is 0 Å². The van der Waals surface area contributed by atoms with Gasteiger partial charge in [0.05, 0.1) is 25.7 Å². The minimum absolute atomic E-state index is 0.0453. The van der Waals surface area contributed by atoms with Crippen LogP contribution in [0.1, 0.15) is 12.5 Å². The van der Waals surface area contributed by atoms with Crippen LogP contribution in [0.15, 0.2) is 24.3 Å². The Balaban J connectivity index is 1.93. The first-order valence-electron chi connectivity index (χ1n) is 6.92. The Morgan fingerprint density at radius 2 is 2.10 bits per heavy atom. The number of ether oxygens (including phenoxy) is 2. The highest BCUT2D eigenvalue weighted by molar-refractivity contribution is 5.79. The molecule has 1 fully saturated rings. The van der Waals surface area contributed by atoms with Gasteiger partial charge in [0.2, 0.25) is 5.91 Å². The van der Waals surface area contributed by atoms with Crippen molar-refractivity contribution in [1.82, 2.24) is 4.90 Å². The van der Waals surface area contributed by atoms with Crippen LogP contribution in [0.4, 0.5) is 0 Å². The van der Waals surface area contributed by atoms with Crippen LogP contribution in [-0.4, -0.2) is 43.7 Å². The molecule has 1 aliphatic rings. The lowest BCUT2D eigenvalue weighted by Gasteiger charge is -2.22. The molecule has 20 heavy (non-hydrogen) atoms. The molecular weight excluding hydrogens is 256 g/mol. The van der Waals surface area contributed by atoms with Gasteiger partial charge in [0, 0.05) is 19.6 Å². The Kier molecular flexibility index (Phi) is 4.98. The van der Waals surface area contributed by atoms with Crippen LogP contribution >= 0.6 is 0 Å². The molecule has 2 N–H and O–H groups in total. The molecule has 0 aliphatic carbocycles. The Morgan fingerprint density at radius 3 is 2.65 bits per heavy atom. The van der Waals surface area contributed by atoms with Gasteiger partial charge < -0.3 is 20.1 Å². The third-order valence-electron chi connectivity index (χ3n) is 3.47. The summed E-state index contributed by atoms with van der Waals surface area (Å²) in [6, 6.07) is 7.59. The summed E-state index contributed by atoms with van der Waals surface area (Å²) >= 11 is 0.